The van der Waals surface area contributed by atoms with Crippen LogP contribution in [0.3, 0.4) is 0 Å². The van der Waals surface area contributed by atoms with Crippen LogP contribution in [0.25, 0.3) is 0 Å². The molecule has 0 fully saturated rings. The summed E-state index contributed by atoms with van der Waals surface area (Å²) < 4.78 is 0. The molecule has 1 aromatic heterocycles. The largest absolute Gasteiger partial charge is 0.395 e. The lowest BCUT2D eigenvalue weighted by Crippen LogP contribution is -2.28. The van der Waals surface area contributed by atoms with Crippen molar-refractivity contribution < 1.29 is 5.11 Å². The molecule has 0 bridgehead atoms. The van der Waals surface area contributed by atoms with E-state index in [0.29, 0.717) is 19.0 Å². The first-order valence-corrected chi connectivity index (χ1v) is 6.44. The van der Waals surface area contributed by atoms with Crippen LogP contribution in [-0.2, 0) is 6.54 Å². The zero-order valence-electron chi connectivity index (χ0n) is 11.5. The maximum absolute atomic E-state index is 9.27. The van der Waals surface area contributed by atoms with Crippen molar-refractivity contribution in [3.63, 3.8) is 0 Å². The molecule has 0 amide bonds. The molecule has 0 saturated carbocycles. The van der Waals surface area contributed by atoms with E-state index in [4.69, 9.17) is 5.84 Å². The van der Waals surface area contributed by atoms with Crippen LogP contribution in [0.2, 0.25) is 0 Å². The number of rotatable bonds is 6. The van der Waals surface area contributed by atoms with E-state index in [0.717, 1.165) is 16.9 Å². The molecule has 1 heterocycles. The summed E-state index contributed by atoms with van der Waals surface area (Å²) >= 11 is 0. The second-order valence-electron chi connectivity index (χ2n) is 4.48. The van der Waals surface area contributed by atoms with Gasteiger partial charge in [-0.3, -0.25) is 5.43 Å². The van der Waals surface area contributed by atoms with Crippen LogP contribution in [-0.4, -0.2) is 28.2 Å². The minimum atomic E-state index is 0.0572. The van der Waals surface area contributed by atoms with Crippen molar-refractivity contribution in [3.05, 3.63) is 47.7 Å². The summed E-state index contributed by atoms with van der Waals surface area (Å²) in [6, 6.07) is 10.1. The van der Waals surface area contributed by atoms with Gasteiger partial charge in [-0.25, -0.2) is 10.8 Å². The molecule has 0 spiro atoms. The zero-order chi connectivity index (χ0) is 14.4. The van der Waals surface area contributed by atoms with E-state index in [-0.39, 0.29) is 6.61 Å². The van der Waals surface area contributed by atoms with Crippen LogP contribution in [0, 0.1) is 6.92 Å². The van der Waals surface area contributed by atoms with E-state index in [2.05, 4.69) is 15.4 Å². The number of hydrogen-bond donors (Lipinski definition) is 3. The van der Waals surface area contributed by atoms with Gasteiger partial charge in [0.15, 0.2) is 0 Å². The molecular formula is C14H19N5O. The van der Waals surface area contributed by atoms with Gasteiger partial charge in [-0.2, -0.15) is 4.98 Å². The molecule has 0 atom stereocenters. The first-order valence-electron chi connectivity index (χ1n) is 6.44. The maximum atomic E-state index is 9.27. The van der Waals surface area contributed by atoms with Crippen LogP contribution in [0.5, 0.6) is 0 Å². The highest BCUT2D eigenvalue weighted by atomic mass is 16.3. The molecule has 4 N–H and O–H groups in total. The molecule has 0 aliphatic heterocycles. The van der Waals surface area contributed by atoms with E-state index < -0.39 is 0 Å². The van der Waals surface area contributed by atoms with Crippen molar-refractivity contribution >= 4 is 11.8 Å². The minimum absolute atomic E-state index is 0.0572. The third-order valence-electron chi connectivity index (χ3n) is 2.96. The summed E-state index contributed by atoms with van der Waals surface area (Å²) in [5.74, 6) is 6.48. The maximum Gasteiger partial charge on any atom is 0.239 e. The Hall–Kier alpha value is -2.18. The van der Waals surface area contributed by atoms with Gasteiger partial charge in [0.05, 0.1) is 6.61 Å². The van der Waals surface area contributed by atoms with Gasteiger partial charge in [-0.15, -0.1) is 0 Å². The summed E-state index contributed by atoms with van der Waals surface area (Å²) in [6.45, 7) is 3.16. The highest BCUT2D eigenvalue weighted by molar-refractivity contribution is 5.49. The Balaban J connectivity index is 2.28. The molecule has 2 aromatic rings. The number of nitrogens with zero attached hydrogens (tertiary/aromatic N) is 3. The molecule has 0 unspecified atom stereocenters. The predicted octanol–water partition coefficient (Wildman–Crippen LogP) is 1.07. The smallest absolute Gasteiger partial charge is 0.239 e. The summed E-state index contributed by atoms with van der Waals surface area (Å²) in [7, 11) is 0. The lowest BCUT2D eigenvalue weighted by atomic mass is 10.2. The van der Waals surface area contributed by atoms with Gasteiger partial charge in [0.2, 0.25) is 5.95 Å². The van der Waals surface area contributed by atoms with Crippen LogP contribution in [0.1, 0.15) is 11.1 Å². The number of hydrogen-bond acceptors (Lipinski definition) is 6. The second kappa shape index (κ2) is 6.83. The number of aromatic nitrogens is 2. The number of nitrogens with two attached hydrogens (primary N) is 1. The number of aryl methyl sites for hydroxylation is 1. The molecule has 0 aliphatic rings. The van der Waals surface area contributed by atoms with Crippen LogP contribution in [0.15, 0.2) is 36.5 Å². The minimum Gasteiger partial charge on any atom is -0.395 e. The normalized spacial score (nSPS) is 10.3. The number of aliphatic hydroxyl groups excluding tert-OH is 1. The summed E-state index contributed by atoms with van der Waals surface area (Å²) in [4.78, 5) is 10.5. The van der Waals surface area contributed by atoms with E-state index >= 15 is 0 Å². The van der Waals surface area contributed by atoms with Crippen molar-refractivity contribution in [1.82, 2.24) is 9.97 Å². The van der Waals surface area contributed by atoms with Gasteiger partial charge in [-0.1, -0.05) is 30.3 Å². The van der Waals surface area contributed by atoms with Crippen molar-refractivity contribution in [1.29, 1.82) is 0 Å². The zero-order valence-corrected chi connectivity index (χ0v) is 11.5. The Morgan fingerprint density at radius 2 is 2.05 bits per heavy atom. The summed E-state index contributed by atoms with van der Waals surface area (Å²) in [6.07, 6.45) is 1.72. The average molecular weight is 273 g/mol. The fourth-order valence-corrected chi connectivity index (χ4v) is 2.01. The van der Waals surface area contributed by atoms with Crippen LogP contribution >= 0.6 is 0 Å². The number of benzene rings is 1. The lowest BCUT2D eigenvalue weighted by Gasteiger charge is -2.24. The van der Waals surface area contributed by atoms with Gasteiger partial charge in [-0.05, 0) is 12.5 Å². The van der Waals surface area contributed by atoms with Crippen LogP contribution < -0.4 is 16.2 Å². The summed E-state index contributed by atoms with van der Waals surface area (Å²) in [5, 5.41) is 9.27. The fourth-order valence-electron chi connectivity index (χ4n) is 2.01. The van der Waals surface area contributed by atoms with Crippen molar-refractivity contribution in [2.45, 2.75) is 13.5 Å². The topological polar surface area (TPSA) is 87.3 Å². The Morgan fingerprint density at radius 1 is 1.30 bits per heavy atom. The molecular weight excluding hydrogens is 254 g/mol. The Labute approximate surface area is 118 Å². The van der Waals surface area contributed by atoms with Crippen LogP contribution in [0.4, 0.5) is 11.8 Å². The number of nitrogen functional groups attached to an aromatic ring is 1. The van der Waals surface area contributed by atoms with Gasteiger partial charge >= 0.3 is 0 Å². The first-order chi connectivity index (χ1) is 9.74. The number of nitrogens with one attached hydrogen (secondary N) is 1. The van der Waals surface area contributed by atoms with Gasteiger partial charge in [0.25, 0.3) is 0 Å². The van der Waals surface area contributed by atoms with E-state index in [9.17, 15) is 5.11 Å². The third kappa shape index (κ3) is 3.43. The number of anilines is 2. The van der Waals surface area contributed by atoms with Gasteiger partial charge in [0.1, 0.15) is 5.82 Å². The standard InChI is InChI=1S/C14H19N5O/c1-11-9-16-14(18-15)17-13(11)19(7-8-20)10-12-5-3-2-4-6-12/h2-6,9,20H,7-8,10,15H2,1H3,(H,16,17,18). The number of aliphatic hydroxyl groups is 1. The molecule has 106 valence electrons. The first kappa shape index (κ1) is 14.2. The highest BCUT2D eigenvalue weighted by Gasteiger charge is 2.12. The molecule has 0 aliphatic carbocycles. The number of hydrazine groups is 1. The van der Waals surface area contributed by atoms with E-state index in [1.807, 2.05) is 42.2 Å². The molecule has 20 heavy (non-hydrogen) atoms. The molecule has 2 rings (SSSR count). The molecule has 6 nitrogen and oxygen atoms in total. The van der Waals surface area contributed by atoms with Gasteiger partial charge in [0, 0.05) is 24.8 Å². The van der Waals surface area contributed by atoms with Crippen molar-refractivity contribution in [3.8, 4) is 0 Å². The molecule has 1 aromatic carbocycles. The Morgan fingerprint density at radius 3 is 2.70 bits per heavy atom. The third-order valence-corrected chi connectivity index (χ3v) is 2.96. The highest BCUT2D eigenvalue weighted by Crippen LogP contribution is 2.19. The van der Waals surface area contributed by atoms with Crippen molar-refractivity contribution in [2.75, 3.05) is 23.5 Å². The SMILES string of the molecule is Cc1cnc(NN)nc1N(CCO)Cc1ccccc1. The average Bonchev–Trinajstić information content (AvgIpc) is 2.48. The second-order valence-corrected chi connectivity index (χ2v) is 4.48. The Kier molecular flexibility index (Phi) is 4.86. The molecule has 0 radical (unpaired) electrons. The fraction of sp³-hybridized carbons (Fsp3) is 0.286. The summed E-state index contributed by atoms with van der Waals surface area (Å²) in [5.41, 5.74) is 4.54. The van der Waals surface area contributed by atoms with E-state index in [1.165, 1.54) is 0 Å². The van der Waals surface area contributed by atoms with Crippen molar-refractivity contribution in [2.24, 2.45) is 5.84 Å². The predicted molar refractivity (Wildman–Crippen MR) is 79.2 cm³/mol. The molecule has 6 heteroatoms. The monoisotopic (exact) mass is 273 g/mol. The Bertz CT molecular complexity index is 547. The van der Waals surface area contributed by atoms with E-state index in [1.54, 1.807) is 6.20 Å². The lowest BCUT2D eigenvalue weighted by molar-refractivity contribution is 0.301. The van der Waals surface area contributed by atoms with Gasteiger partial charge < -0.3 is 10.0 Å². The quantitative estimate of drug-likeness (QED) is 0.539. The molecule has 0 saturated heterocycles.